The molecule has 2 aromatic carbocycles. The minimum absolute atomic E-state index is 0.213. The van der Waals surface area contributed by atoms with Crippen molar-refractivity contribution in [2.24, 2.45) is 5.10 Å². The largest absolute Gasteiger partial charge is 0.496 e. The van der Waals surface area contributed by atoms with Gasteiger partial charge in [0.2, 0.25) is 5.72 Å². The summed E-state index contributed by atoms with van der Waals surface area (Å²) >= 11 is 0. The van der Waals surface area contributed by atoms with Crippen molar-refractivity contribution in [3.05, 3.63) is 59.7 Å². The van der Waals surface area contributed by atoms with Crippen LogP contribution in [0.4, 0.5) is 0 Å². The number of hydrogen-bond acceptors (Lipinski definition) is 5. The van der Waals surface area contributed by atoms with Gasteiger partial charge in [-0.1, -0.05) is 30.3 Å². The molecule has 2 aromatic rings. The summed E-state index contributed by atoms with van der Waals surface area (Å²) in [6.45, 7) is 6.60. The molecule has 0 aliphatic carbocycles. The molecule has 0 aromatic heterocycles. The number of likely N-dealkylation sites (tertiary alicyclic amines) is 1. The molecule has 0 bridgehead atoms. The smallest absolute Gasteiger partial charge is 0.200 e. The summed E-state index contributed by atoms with van der Waals surface area (Å²) in [4.78, 5) is 2.53. The van der Waals surface area contributed by atoms with Crippen LogP contribution in [-0.2, 0) is 0 Å². The number of fused-ring (bicyclic) bond motifs is 4. The quantitative estimate of drug-likeness (QED) is 0.775. The molecule has 1 saturated heterocycles. The van der Waals surface area contributed by atoms with Crippen LogP contribution in [0.1, 0.15) is 50.3 Å². The van der Waals surface area contributed by atoms with Crippen LogP contribution in [0.5, 0.6) is 11.5 Å². The van der Waals surface area contributed by atoms with Gasteiger partial charge in [-0.3, -0.25) is 0 Å². The Morgan fingerprint density at radius 3 is 2.55 bits per heavy atom. The molecule has 3 aliphatic heterocycles. The van der Waals surface area contributed by atoms with E-state index in [-0.39, 0.29) is 11.8 Å². The Hall–Kier alpha value is -2.53. The topological polar surface area (TPSA) is 37.3 Å². The molecular formula is C24H29N3O2. The fraction of sp³-hybridized carbons (Fsp3) is 0.458. The van der Waals surface area contributed by atoms with E-state index >= 15 is 0 Å². The Kier molecular flexibility index (Phi) is 4.50. The standard InChI is InChI=1S/C24H29N3O2/c1-17(2)26-14-12-24(13-15-26)27-21(19-9-5-7-11-23(19)29-24)16-20(25-27)18-8-4-6-10-22(18)28-3/h4-11,17,21H,12-16H2,1-3H3/t21-/m1/s1. The van der Waals surface area contributed by atoms with Crippen LogP contribution in [0.25, 0.3) is 0 Å². The summed E-state index contributed by atoms with van der Waals surface area (Å²) in [7, 11) is 1.73. The number of hydrazone groups is 1. The summed E-state index contributed by atoms with van der Waals surface area (Å²) in [5, 5.41) is 7.43. The van der Waals surface area contributed by atoms with E-state index in [0.717, 1.165) is 55.1 Å². The molecule has 5 heteroatoms. The van der Waals surface area contributed by atoms with Gasteiger partial charge in [0.1, 0.15) is 11.5 Å². The Bertz CT molecular complexity index is 931. The molecule has 29 heavy (non-hydrogen) atoms. The van der Waals surface area contributed by atoms with Crippen molar-refractivity contribution in [2.75, 3.05) is 20.2 Å². The average molecular weight is 392 g/mol. The molecule has 5 nitrogen and oxygen atoms in total. The number of methoxy groups -OCH3 is 1. The molecule has 0 radical (unpaired) electrons. The average Bonchev–Trinajstić information content (AvgIpc) is 3.21. The number of benzene rings is 2. The minimum Gasteiger partial charge on any atom is -0.496 e. The minimum atomic E-state index is -0.367. The van der Waals surface area contributed by atoms with Crippen LogP contribution in [0.3, 0.4) is 0 Å². The van der Waals surface area contributed by atoms with Crippen LogP contribution in [0, 0.1) is 0 Å². The van der Waals surface area contributed by atoms with Crippen molar-refractivity contribution >= 4 is 5.71 Å². The van der Waals surface area contributed by atoms with Crippen molar-refractivity contribution in [3.63, 3.8) is 0 Å². The lowest BCUT2D eigenvalue weighted by Crippen LogP contribution is -2.59. The maximum Gasteiger partial charge on any atom is 0.200 e. The molecule has 0 unspecified atom stereocenters. The van der Waals surface area contributed by atoms with Gasteiger partial charge in [0, 0.05) is 49.5 Å². The van der Waals surface area contributed by atoms with Gasteiger partial charge in [-0.15, -0.1) is 0 Å². The van der Waals surface area contributed by atoms with Crippen LogP contribution >= 0.6 is 0 Å². The van der Waals surface area contributed by atoms with E-state index in [9.17, 15) is 0 Å². The lowest BCUT2D eigenvalue weighted by atomic mass is 9.90. The number of piperidine rings is 1. The zero-order chi connectivity index (χ0) is 20.0. The maximum absolute atomic E-state index is 6.70. The molecule has 1 atom stereocenters. The van der Waals surface area contributed by atoms with E-state index in [4.69, 9.17) is 14.6 Å². The van der Waals surface area contributed by atoms with Gasteiger partial charge < -0.3 is 14.4 Å². The van der Waals surface area contributed by atoms with Crippen molar-refractivity contribution in [1.29, 1.82) is 0 Å². The molecule has 5 rings (SSSR count). The monoisotopic (exact) mass is 391 g/mol. The highest BCUT2D eigenvalue weighted by atomic mass is 16.5. The molecular weight excluding hydrogens is 362 g/mol. The molecule has 1 fully saturated rings. The third-order valence-electron chi connectivity index (χ3n) is 6.63. The first kappa shape index (κ1) is 18.5. The van der Waals surface area contributed by atoms with Crippen LogP contribution in [0.2, 0.25) is 0 Å². The van der Waals surface area contributed by atoms with E-state index in [2.05, 4.69) is 60.2 Å². The highest BCUT2D eigenvalue weighted by molar-refractivity contribution is 6.04. The van der Waals surface area contributed by atoms with Crippen LogP contribution < -0.4 is 9.47 Å². The molecule has 0 N–H and O–H groups in total. The first-order valence-corrected chi connectivity index (χ1v) is 10.6. The number of hydrogen-bond donors (Lipinski definition) is 0. The molecule has 1 spiro atoms. The number of ether oxygens (including phenoxy) is 2. The van der Waals surface area contributed by atoms with Crippen molar-refractivity contribution < 1.29 is 9.47 Å². The second-order valence-electron chi connectivity index (χ2n) is 8.53. The van der Waals surface area contributed by atoms with Gasteiger partial charge in [-0.25, -0.2) is 5.01 Å². The lowest BCUT2D eigenvalue weighted by Gasteiger charge is -2.51. The van der Waals surface area contributed by atoms with Crippen molar-refractivity contribution in [2.45, 2.75) is 50.9 Å². The first-order valence-electron chi connectivity index (χ1n) is 10.6. The van der Waals surface area contributed by atoms with Crippen LogP contribution in [0.15, 0.2) is 53.6 Å². The van der Waals surface area contributed by atoms with E-state index < -0.39 is 0 Å². The van der Waals surface area contributed by atoms with E-state index in [1.807, 2.05) is 12.1 Å². The van der Waals surface area contributed by atoms with Gasteiger partial charge in [-0.05, 0) is 32.0 Å². The summed E-state index contributed by atoms with van der Waals surface area (Å²) in [6.07, 6.45) is 2.79. The van der Waals surface area contributed by atoms with Gasteiger partial charge >= 0.3 is 0 Å². The predicted molar refractivity (Wildman–Crippen MR) is 114 cm³/mol. The second-order valence-corrected chi connectivity index (χ2v) is 8.53. The zero-order valence-corrected chi connectivity index (χ0v) is 17.5. The van der Waals surface area contributed by atoms with E-state index in [1.54, 1.807) is 7.11 Å². The SMILES string of the molecule is COc1ccccc1C1=NN2[C@H](C1)c1ccccc1OC21CCN(C(C)C)CC1. The lowest BCUT2D eigenvalue weighted by molar-refractivity contribution is -0.152. The third kappa shape index (κ3) is 2.99. The van der Waals surface area contributed by atoms with Crippen molar-refractivity contribution in [3.8, 4) is 11.5 Å². The molecule has 3 aliphatic rings. The van der Waals surface area contributed by atoms with Crippen LogP contribution in [-0.4, -0.2) is 47.6 Å². The van der Waals surface area contributed by atoms with E-state index in [0.29, 0.717) is 6.04 Å². The third-order valence-corrected chi connectivity index (χ3v) is 6.63. The number of nitrogens with zero attached hydrogens (tertiary/aromatic N) is 3. The zero-order valence-electron chi connectivity index (χ0n) is 17.5. The molecule has 152 valence electrons. The molecule has 3 heterocycles. The summed E-state index contributed by atoms with van der Waals surface area (Å²) in [6, 6.07) is 17.4. The first-order chi connectivity index (χ1) is 14.1. The summed E-state index contributed by atoms with van der Waals surface area (Å²) in [5.74, 6) is 1.90. The summed E-state index contributed by atoms with van der Waals surface area (Å²) in [5.41, 5.74) is 3.03. The Balaban J connectivity index is 1.55. The Morgan fingerprint density at radius 1 is 1.07 bits per heavy atom. The molecule has 0 saturated carbocycles. The normalized spacial score (nSPS) is 22.8. The van der Waals surface area contributed by atoms with Gasteiger partial charge in [0.15, 0.2) is 0 Å². The van der Waals surface area contributed by atoms with E-state index in [1.165, 1.54) is 5.56 Å². The van der Waals surface area contributed by atoms with Gasteiger partial charge in [-0.2, -0.15) is 5.10 Å². The van der Waals surface area contributed by atoms with Gasteiger partial charge in [0.25, 0.3) is 0 Å². The highest BCUT2D eigenvalue weighted by Crippen LogP contribution is 2.50. The molecule has 0 amide bonds. The Morgan fingerprint density at radius 2 is 1.79 bits per heavy atom. The number of para-hydroxylation sites is 2. The fourth-order valence-corrected chi connectivity index (χ4v) is 5.00. The highest BCUT2D eigenvalue weighted by Gasteiger charge is 2.52. The maximum atomic E-state index is 6.70. The predicted octanol–water partition coefficient (Wildman–Crippen LogP) is 4.44. The number of rotatable bonds is 3. The summed E-state index contributed by atoms with van der Waals surface area (Å²) < 4.78 is 12.3. The Labute approximate surface area is 172 Å². The second kappa shape index (κ2) is 7.06. The van der Waals surface area contributed by atoms with Crippen molar-refractivity contribution in [1.82, 2.24) is 9.91 Å². The fourth-order valence-electron chi connectivity index (χ4n) is 5.00. The van der Waals surface area contributed by atoms with Gasteiger partial charge in [0.05, 0.1) is 18.9 Å².